The Labute approximate surface area is 95.8 Å². The lowest BCUT2D eigenvalue weighted by atomic mass is 10.3. The van der Waals surface area contributed by atoms with Crippen LogP contribution in [0.5, 0.6) is 0 Å². The Kier molecular flexibility index (Phi) is 4.37. The summed E-state index contributed by atoms with van der Waals surface area (Å²) in [6.45, 7) is 1.01. The van der Waals surface area contributed by atoms with Crippen molar-refractivity contribution in [2.75, 3.05) is 18.4 Å². The fraction of sp³-hybridized carbons (Fsp3) is 0.444. The molecule has 0 bridgehead atoms. The molecule has 0 saturated heterocycles. The number of nitrogens with zero attached hydrogens (tertiary/aromatic N) is 1. The highest BCUT2D eigenvalue weighted by Crippen LogP contribution is 2.32. The van der Waals surface area contributed by atoms with Gasteiger partial charge in [-0.3, -0.25) is 0 Å². The molecule has 90 valence electrons. The Bertz CT molecular complexity index is 354. The molecule has 0 aromatic carbocycles. The molecule has 1 aromatic heterocycles. The highest BCUT2D eigenvalue weighted by Gasteiger charge is 2.31. The lowest BCUT2D eigenvalue weighted by Gasteiger charge is -2.10. The maximum absolute atomic E-state index is 12.3. The minimum Gasteiger partial charge on any atom is -0.369 e. The molecule has 0 fully saturated rings. The molecule has 0 aliphatic carbocycles. The third-order valence-electron chi connectivity index (χ3n) is 1.84. The molecule has 0 amide bonds. The fourth-order valence-corrected chi connectivity index (χ4v) is 1.27. The maximum atomic E-state index is 12.3. The lowest BCUT2D eigenvalue weighted by molar-refractivity contribution is -0.137. The Balaban J connectivity index is 2.76. The second-order valence-electron chi connectivity index (χ2n) is 3.12. The van der Waals surface area contributed by atoms with Gasteiger partial charge in [0, 0.05) is 12.7 Å². The van der Waals surface area contributed by atoms with Crippen LogP contribution in [0.25, 0.3) is 0 Å². The van der Waals surface area contributed by atoms with Crippen LogP contribution in [0.3, 0.4) is 0 Å². The summed E-state index contributed by atoms with van der Waals surface area (Å²) < 4.78 is 36.8. The molecule has 3 N–H and O–H groups in total. The number of anilines is 1. The molecule has 16 heavy (non-hydrogen) atoms. The van der Waals surface area contributed by atoms with Crippen LogP contribution >= 0.6 is 11.6 Å². The number of rotatable bonds is 4. The number of alkyl halides is 3. The van der Waals surface area contributed by atoms with Gasteiger partial charge in [0.1, 0.15) is 5.82 Å². The van der Waals surface area contributed by atoms with Crippen LogP contribution < -0.4 is 11.1 Å². The molecular weight excluding hydrogens is 243 g/mol. The predicted molar refractivity (Wildman–Crippen MR) is 56.4 cm³/mol. The van der Waals surface area contributed by atoms with Gasteiger partial charge in [-0.25, -0.2) is 4.98 Å². The van der Waals surface area contributed by atoms with Crippen LogP contribution in [0.2, 0.25) is 5.02 Å². The van der Waals surface area contributed by atoms with E-state index in [-0.39, 0.29) is 10.8 Å². The molecule has 0 unspecified atom stereocenters. The monoisotopic (exact) mass is 253 g/mol. The Hall–Kier alpha value is -1.01. The molecule has 0 atom stereocenters. The molecule has 7 heteroatoms. The van der Waals surface area contributed by atoms with Gasteiger partial charge < -0.3 is 11.1 Å². The van der Waals surface area contributed by atoms with E-state index < -0.39 is 11.7 Å². The van der Waals surface area contributed by atoms with Gasteiger partial charge in [-0.2, -0.15) is 13.2 Å². The summed E-state index contributed by atoms with van der Waals surface area (Å²) in [5.74, 6) is 0.239. The number of nitrogens with one attached hydrogen (secondary N) is 1. The fourth-order valence-electron chi connectivity index (χ4n) is 1.03. The van der Waals surface area contributed by atoms with Crippen molar-refractivity contribution >= 4 is 17.4 Å². The highest BCUT2D eigenvalue weighted by atomic mass is 35.5. The van der Waals surface area contributed by atoms with Gasteiger partial charge in [-0.1, -0.05) is 11.6 Å². The standard InChI is InChI=1S/C9H11ClF3N3/c10-7-4-6(9(11,12)13)5-16-8(7)15-3-1-2-14/h4-5H,1-3,14H2,(H,15,16). The van der Waals surface area contributed by atoms with E-state index in [1.165, 1.54) is 0 Å². The minimum atomic E-state index is -4.42. The summed E-state index contributed by atoms with van der Waals surface area (Å²) in [4.78, 5) is 3.61. The third kappa shape index (κ3) is 3.53. The highest BCUT2D eigenvalue weighted by molar-refractivity contribution is 6.32. The van der Waals surface area contributed by atoms with Crippen molar-refractivity contribution in [3.8, 4) is 0 Å². The van der Waals surface area contributed by atoms with E-state index in [9.17, 15) is 13.2 Å². The first kappa shape index (κ1) is 13.1. The van der Waals surface area contributed by atoms with Gasteiger partial charge in [-0.05, 0) is 19.0 Å². The average molecular weight is 254 g/mol. The molecule has 0 saturated carbocycles. The quantitative estimate of drug-likeness (QED) is 0.811. The Morgan fingerprint density at radius 3 is 2.62 bits per heavy atom. The first-order valence-electron chi connectivity index (χ1n) is 4.62. The summed E-state index contributed by atoms with van der Waals surface area (Å²) in [5.41, 5.74) is 4.41. The summed E-state index contributed by atoms with van der Waals surface area (Å²) in [6, 6.07) is 0.847. The first-order chi connectivity index (χ1) is 7.45. The van der Waals surface area contributed by atoms with Crippen LogP contribution in [0.15, 0.2) is 12.3 Å². The van der Waals surface area contributed by atoms with Gasteiger partial charge >= 0.3 is 6.18 Å². The van der Waals surface area contributed by atoms with Gasteiger partial charge in [0.15, 0.2) is 0 Å². The van der Waals surface area contributed by atoms with Gasteiger partial charge in [0.2, 0.25) is 0 Å². The largest absolute Gasteiger partial charge is 0.417 e. The number of hydrogen-bond donors (Lipinski definition) is 2. The van der Waals surface area contributed by atoms with E-state index in [0.29, 0.717) is 19.5 Å². The summed E-state index contributed by atoms with van der Waals surface area (Å²) >= 11 is 5.66. The van der Waals surface area contributed by atoms with Crippen LogP contribution in [-0.2, 0) is 6.18 Å². The topological polar surface area (TPSA) is 50.9 Å². The van der Waals surface area contributed by atoms with Gasteiger partial charge in [0.05, 0.1) is 10.6 Å². The smallest absolute Gasteiger partial charge is 0.369 e. The van der Waals surface area contributed by atoms with Crippen molar-refractivity contribution in [1.29, 1.82) is 0 Å². The second-order valence-corrected chi connectivity index (χ2v) is 3.53. The molecule has 0 aliphatic heterocycles. The molecule has 0 spiro atoms. The number of aromatic nitrogens is 1. The van der Waals surface area contributed by atoms with Gasteiger partial charge in [-0.15, -0.1) is 0 Å². The molecule has 0 aliphatic rings. The molecular formula is C9H11ClF3N3. The zero-order valence-electron chi connectivity index (χ0n) is 8.31. The molecule has 0 radical (unpaired) electrons. The second kappa shape index (κ2) is 5.36. The molecule has 1 aromatic rings. The van der Waals surface area contributed by atoms with Crippen molar-refractivity contribution in [3.05, 3.63) is 22.8 Å². The van der Waals surface area contributed by atoms with E-state index in [0.717, 1.165) is 12.3 Å². The summed E-state index contributed by atoms with van der Waals surface area (Å²) in [7, 11) is 0. The van der Waals surface area contributed by atoms with E-state index in [1.807, 2.05) is 0 Å². The van der Waals surface area contributed by atoms with Crippen LogP contribution in [0.4, 0.5) is 19.0 Å². The Morgan fingerprint density at radius 2 is 2.12 bits per heavy atom. The van der Waals surface area contributed by atoms with Crippen LogP contribution in [0, 0.1) is 0 Å². The van der Waals surface area contributed by atoms with Crippen molar-refractivity contribution in [2.24, 2.45) is 5.73 Å². The van der Waals surface area contributed by atoms with Crippen molar-refractivity contribution < 1.29 is 13.2 Å². The minimum absolute atomic E-state index is 0.0492. The first-order valence-corrected chi connectivity index (χ1v) is 4.99. The molecule has 3 nitrogen and oxygen atoms in total. The zero-order valence-corrected chi connectivity index (χ0v) is 9.07. The average Bonchev–Trinajstić information content (AvgIpc) is 2.19. The van der Waals surface area contributed by atoms with Crippen LogP contribution in [-0.4, -0.2) is 18.1 Å². The van der Waals surface area contributed by atoms with Crippen molar-refractivity contribution in [1.82, 2.24) is 4.98 Å². The molecule has 1 rings (SSSR count). The van der Waals surface area contributed by atoms with E-state index in [1.54, 1.807) is 0 Å². The van der Waals surface area contributed by atoms with Gasteiger partial charge in [0.25, 0.3) is 0 Å². The van der Waals surface area contributed by atoms with Crippen LogP contribution in [0.1, 0.15) is 12.0 Å². The van der Waals surface area contributed by atoms with E-state index in [2.05, 4.69) is 10.3 Å². The maximum Gasteiger partial charge on any atom is 0.417 e. The van der Waals surface area contributed by atoms with Crippen molar-refractivity contribution in [2.45, 2.75) is 12.6 Å². The number of hydrogen-bond acceptors (Lipinski definition) is 3. The van der Waals surface area contributed by atoms with E-state index in [4.69, 9.17) is 17.3 Å². The number of nitrogens with two attached hydrogens (primary N) is 1. The summed E-state index contributed by atoms with van der Waals surface area (Å²) in [6.07, 6.45) is -2.98. The number of pyridine rings is 1. The summed E-state index contributed by atoms with van der Waals surface area (Å²) in [5, 5.41) is 2.75. The molecule has 1 heterocycles. The lowest BCUT2D eigenvalue weighted by Crippen LogP contribution is -2.11. The number of halogens is 4. The third-order valence-corrected chi connectivity index (χ3v) is 2.13. The SMILES string of the molecule is NCCCNc1ncc(C(F)(F)F)cc1Cl. The predicted octanol–water partition coefficient (Wildman–Crippen LogP) is 2.51. The Morgan fingerprint density at radius 1 is 1.44 bits per heavy atom. The van der Waals surface area contributed by atoms with Crippen molar-refractivity contribution in [3.63, 3.8) is 0 Å². The zero-order chi connectivity index (χ0) is 12.2. The normalized spacial score (nSPS) is 11.6. The van der Waals surface area contributed by atoms with E-state index >= 15 is 0 Å².